The summed E-state index contributed by atoms with van der Waals surface area (Å²) in [5, 5.41) is 19.7. The van der Waals surface area contributed by atoms with Crippen molar-refractivity contribution in [2.24, 2.45) is 0 Å². The minimum atomic E-state index is -0.990. The molecule has 26 heavy (non-hydrogen) atoms. The molecular formula is C17H20ClFN4O3. The van der Waals surface area contributed by atoms with Crippen LogP contribution in [0.15, 0.2) is 18.2 Å². The Morgan fingerprint density at radius 3 is 2.54 bits per heavy atom. The first-order valence-corrected chi connectivity index (χ1v) is 8.53. The van der Waals surface area contributed by atoms with Crippen LogP contribution in [0, 0.1) is 12.7 Å². The molecule has 7 nitrogen and oxygen atoms in total. The quantitative estimate of drug-likeness (QED) is 0.766. The molecule has 0 aliphatic heterocycles. The van der Waals surface area contributed by atoms with Gasteiger partial charge in [0.15, 0.2) is 5.69 Å². The molecule has 1 heterocycles. The lowest BCUT2D eigenvalue weighted by atomic mass is 9.88. The van der Waals surface area contributed by atoms with Crippen molar-refractivity contribution in [3.63, 3.8) is 0 Å². The third-order valence-corrected chi connectivity index (χ3v) is 4.77. The summed E-state index contributed by atoms with van der Waals surface area (Å²) < 4.78 is 14.7. The van der Waals surface area contributed by atoms with Gasteiger partial charge in [0.05, 0.1) is 28.4 Å². The minimum absolute atomic E-state index is 0.0687. The number of carboxylic acid groups (broad SMARTS) is 1. The number of hydrogen-bond acceptors (Lipinski definition) is 4. The Hall–Kier alpha value is -2.48. The van der Waals surface area contributed by atoms with Crippen LogP contribution in [0.5, 0.6) is 0 Å². The van der Waals surface area contributed by atoms with E-state index >= 15 is 0 Å². The number of rotatable bonds is 7. The molecule has 1 aromatic heterocycles. The smallest absolute Gasteiger partial charge is 0.305 e. The Balaban J connectivity index is 2.32. The Morgan fingerprint density at radius 1 is 1.35 bits per heavy atom. The van der Waals surface area contributed by atoms with Gasteiger partial charge in [0.2, 0.25) is 0 Å². The monoisotopic (exact) mass is 382 g/mol. The van der Waals surface area contributed by atoms with E-state index in [1.807, 2.05) is 13.8 Å². The molecular weight excluding hydrogens is 363 g/mol. The van der Waals surface area contributed by atoms with Crippen molar-refractivity contribution in [1.29, 1.82) is 0 Å². The van der Waals surface area contributed by atoms with E-state index in [1.165, 1.54) is 22.9 Å². The summed E-state index contributed by atoms with van der Waals surface area (Å²) in [5.74, 6) is -2.06. The number of nitrogens with zero attached hydrogens (tertiary/aromatic N) is 3. The van der Waals surface area contributed by atoms with Crippen molar-refractivity contribution in [2.45, 2.75) is 45.6 Å². The average molecular weight is 383 g/mol. The molecule has 0 saturated carbocycles. The molecule has 0 atom stereocenters. The lowest BCUT2D eigenvalue weighted by molar-refractivity contribution is -0.138. The number of halogens is 2. The van der Waals surface area contributed by atoms with Gasteiger partial charge in [-0.1, -0.05) is 30.7 Å². The van der Waals surface area contributed by atoms with E-state index in [-0.39, 0.29) is 17.1 Å². The normalized spacial score (nSPS) is 11.4. The summed E-state index contributed by atoms with van der Waals surface area (Å²) in [6.45, 7) is 5.27. The van der Waals surface area contributed by atoms with Crippen LogP contribution in [0.25, 0.3) is 5.69 Å². The maximum atomic E-state index is 13.3. The van der Waals surface area contributed by atoms with Crippen LogP contribution in [-0.2, 0) is 4.79 Å². The van der Waals surface area contributed by atoms with E-state index in [0.29, 0.717) is 24.2 Å². The zero-order chi connectivity index (χ0) is 19.5. The molecule has 0 aliphatic rings. The minimum Gasteiger partial charge on any atom is -0.481 e. The highest BCUT2D eigenvalue weighted by Gasteiger charge is 2.32. The number of benzene rings is 1. The van der Waals surface area contributed by atoms with E-state index in [9.17, 15) is 14.0 Å². The number of carboxylic acids is 1. The van der Waals surface area contributed by atoms with Crippen LogP contribution < -0.4 is 5.32 Å². The first kappa shape index (κ1) is 19.8. The Kier molecular flexibility index (Phi) is 5.97. The summed E-state index contributed by atoms with van der Waals surface area (Å²) in [6.07, 6.45) is 0.733. The molecule has 2 aromatic rings. The maximum Gasteiger partial charge on any atom is 0.305 e. The Labute approximate surface area is 155 Å². The van der Waals surface area contributed by atoms with Crippen LogP contribution in [0.3, 0.4) is 0 Å². The fourth-order valence-electron chi connectivity index (χ4n) is 2.71. The Morgan fingerprint density at radius 2 is 2.00 bits per heavy atom. The van der Waals surface area contributed by atoms with Crippen LogP contribution in [0.4, 0.5) is 4.39 Å². The number of amides is 1. The molecule has 1 amide bonds. The number of aliphatic carboxylic acids is 1. The zero-order valence-electron chi connectivity index (χ0n) is 14.7. The predicted molar refractivity (Wildman–Crippen MR) is 94.1 cm³/mol. The van der Waals surface area contributed by atoms with Gasteiger partial charge in [-0.25, -0.2) is 9.07 Å². The van der Waals surface area contributed by atoms with Gasteiger partial charge in [-0.2, -0.15) is 0 Å². The summed E-state index contributed by atoms with van der Waals surface area (Å²) in [4.78, 5) is 23.8. The number of carbonyl (C=O) groups excluding carboxylic acids is 1. The van der Waals surface area contributed by atoms with Gasteiger partial charge in [0.1, 0.15) is 5.82 Å². The number of carbonyl (C=O) groups is 2. The molecule has 0 aliphatic carbocycles. The van der Waals surface area contributed by atoms with Gasteiger partial charge >= 0.3 is 5.97 Å². The third-order valence-electron chi connectivity index (χ3n) is 4.48. The number of aromatic nitrogens is 3. The molecule has 0 unspecified atom stereocenters. The highest BCUT2D eigenvalue weighted by Crippen LogP contribution is 2.22. The standard InChI is InChI=1S/C17H20ClFN4O3/c1-4-17(5-2,9-14(24)25)20-16(26)15-10(3)23(22-21-15)11-6-7-13(19)12(18)8-11/h6-8H,4-5,9H2,1-3H3,(H,20,26)(H,24,25). The summed E-state index contributed by atoms with van der Waals surface area (Å²) in [7, 11) is 0. The van der Waals surface area contributed by atoms with Crippen LogP contribution in [-0.4, -0.2) is 37.5 Å². The average Bonchev–Trinajstić information content (AvgIpc) is 2.98. The molecule has 140 valence electrons. The van der Waals surface area contributed by atoms with Crippen molar-refractivity contribution < 1.29 is 19.1 Å². The van der Waals surface area contributed by atoms with Gasteiger partial charge in [-0.15, -0.1) is 5.10 Å². The van der Waals surface area contributed by atoms with E-state index in [1.54, 1.807) is 6.92 Å². The maximum absolute atomic E-state index is 13.3. The van der Waals surface area contributed by atoms with E-state index in [2.05, 4.69) is 15.6 Å². The van der Waals surface area contributed by atoms with E-state index < -0.39 is 23.2 Å². The van der Waals surface area contributed by atoms with Crippen LogP contribution in [0.2, 0.25) is 5.02 Å². The Bertz CT molecular complexity index is 833. The zero-order valence-corrected chi connectivity index (χ0v) is 15.5. The van der Waals surface area contributed by atoms with Crippen molar-refractivity contribution in [3.8, 4) is 5.69 Å². The second-order valence-electron chi connectivity index (χ2n) is 6.05. The molecule has 2 rings (SSSR count). The van der Waals surface area contributed by atoms with Gasteiger partial charge in [0.25, 0.3) is 5.91 Å². The predicted octanol–water partition coefficient (Wildman–Crippen LogP) is 3.13. The molecule has 0 bridgehead atoms. The third kappa shape index (κ3) is 4.01. The van der Waals surface area contributed by atoms with Crippen molar-refractivity contribution in [1.82, 2.24) is 20.3 Å². The topological polar surface area (TPSA) is 97.1 Å². The van der Waals surface area contributed by atoms with Crippen LogP contribution in [0.1, 0.15) is 49.3 Å². The van der Waals surface area contributed by atoms with Crippen molar-refractivity contribution >= 4 is 23.5 Å². The SMILES string of the molecule is CCC(CC)(CC(=O)O)NC(=O)c1nnn(-c2ccc(F)c(Cl)c2)c1C. The summed E-state index contributed by atoms with van der Waals surface area (Å²) >= 11 is 5.79. The number of hydrogen-bond donors (Lipinski definition) is 2. The van der Waals surface area contributed by atoms with Gasteiger partial charge in [-0.05, 0) is 38.0 Å². The first-order chi connectivity index (χ1) is 12.2. The summed E-state index contributed by atoms with van der Waals surface area (Å²) in [6, 6.07) is 4.05. The summed E-state index contributed by atoms with van der Waals surface area (Å²) in [5.41, 5.74) is 0.102. The highest BCUT2D eigenvalue weighted by molar-refractivity contribution is 6.30. The van der Waals surface area contributed by atoms with Gasteiger partial charge in [-0.3, -0.25) is 9.59 Å². The first-order valence-electron chi connectivity index (χ1n) is 8.15. The number of nitrogens with one attached hydrogen (secondary N) is 1. The fraction of sp³-hybridized carbons (Fsp3) is 0.412. The lowest BCUT2D eigenvalue weighted by Gasteiger charge is -2.31. The fourth-order valence-corrected chi connectivity index (χ4v) is 2.89. The molecule has 1 aromatic carbocycles. The highest BCUT2D eigenvalue weighted by atomic mass is 35.5. The second-order valence-corrected chi connectivity index (χ2v) is 6.45. The van der Waals surface area contributed by atoms with Crippen LogP contribution >= 0.6 is 11.6 Å². The molecule has 0 fully saturated rings. The molecule has 0 spiro atoms. The lowest BCUT2D eigenvalue weighted by Crippen LogP contribution is -2.49. The molecule has 0 radical (unpaired) electrons. The molecule has 2 N–H and O–H groups in total. The van der Waals surface area contributed by atoms with E-state index in [4.69, 9.17) is 16.7 Å². The van der Waals surface area contributed by atoms with Gasteiger partial charge in [0, 0.05) is 0 Å². The molecule has 0 saturated heterocycles. The molecule has 9 heteroatoms. The largest absolute Gasteiger partial charge is 0.481 e. The van der Waals surface area contributed by atoms with Crippen molar-refractivity contribution in [3.05, 3.63) is 40.4 Å². The van der Waals surface area contributed by atoms with Gasteiger partial charge < -0.3 is 10.4 Å². The van der Waals surface area contributed by atoms with Crippen molar-refractivity contribution in [2.75, 3.05) is 0 Å². The second kappa shape index (κ2) is 7.82. The van der Waals surface area contributed by atoms with E-state index in [0.717, 1.165) is 0 Å².